The largest absolute Gasteiger partial charge is 0.481 e. The number of rotatable bonds is 2. The summed E-state index contributed by atoms with van der Waals surface area (Å²) in [4.78, 5) is 22.1. The van der Waals surface area contributed by atoms with Crippen molar-refractivity contribution in [1.82, 2.24) is 4.98 Å². The summed E-state index contributed by atoms with van der Waals surface area (Å²) in [5.41, 5.74) is 0.775. The molecule has 0 atom stereocenters. The van der Waals surface area contributed by atoms with Crippen molar-refractivity contribution in [2.45, 2.75) is 6.92 Å². The van der Waals surface area contributed by atoms with E-state index in [0.717, 1.165) is 18.7 Å². The van der Waals surface area contributed by atoms with Crippen LogP contribution in [0, 0.1) is 10.1 Å². The lowest BCUT2D eigenvalue weighted by Gasteiger charge is -1.86. The second-order valence-corrected chi connectivity index (χ2v) is 2.40. The molecule has 1 heterocycles. The fraction of sp³-hybridized carbons (Fsp3) is 0.111. The van der Waals surface area contributed by atoms with Gasteiger partial charge in [-0.15, -0.1) is 0 Å². The van der Waals surface area contributed by atoms with Crippen LogP contribution in [0.4, 0.5) is 0 Å². The number of aliphatic carboxylic acids is 1. The summed E-state index contributed by atoms with van der Waals surface area (Å²) >= 11 is 0. The van der Waals surface area contributed by atoms with Gasteiger partial charge in [-0.25, -0.2) is 0 Å². The van der Waals surface area contributed by atoms with Gasteiger partial charge >= 0.3 is 0 Å². The van der Waals surface area contributed by atoms with Gasteiger partial charge in [0.05, 0.1) is 4.92 Å². The Hall–Kier alpha value is -2.24. The van der Waals surface area contributed by atoms with E-state index in [1.165, 1.54) is 6.08 Å². The van der Waals surface area contributed by atoms with Crippen molar-refractivity contribution < 1.29 is 14.8 Å². The molecule has 0 aliphatic heterocycles. The van der Waals surface area contributed by atoms with Crippen molar-refractivity contribution in [2.75, 3.05) is 0 Å². The van der Waals surface area contributed by atoms with Gasteiger partial charge in [0.15, 0.2) is 0 Å². The minimum Gasteiger partial charge on any atom is -0.481 e. The van der Waals surface area contributed by atoms with Gasteiger partial charge in [-0.2, -0.15) is 0 Å². The predicted molar refractivity (Wildman–Crippen MR) is 53.6 cm³/mol. The number of nitro groups is 1. The molecule has 0 aliphatic rings. The number of carboxylic acid groups (broad SMARTS) is 1. The molecule has 0 unspecified atom stereocenters. The van der Waals surface area contributed by atoms with Crippen LogP contribution < -0.4 is 0 Å². The Kier molecular flexibility index (Phi) is 6.12. The molecular formula is C9H10N2O4. The lowest BCUT2D eigenvalue weighted by atomic mass is 10.3. The molecule has 6 nitrogen and oxygen atoms in total. The molecule has 0 saturated carbocycles. The minimum absolute atomic E-state index is 0.500. The number of hydrogen-bond donors (Lipinski definition) is 1. The maximum Gasteiger partial charge on any atom is 0.300 e. The summed E-state index contributed by atoms with van der Waals surface area (Å²) < 4.78 is 0. The van der Waals surface area contributed by atoms with Crippen LogP contribution in [0.15, 0.2) is 30.7 Å². The van der Waals surface area contributed by atoms with Gasteiger partial charge < -0.3 is 5.11 Å². The number of pyridine rings is 1. The molecule has 6 heteroatoms. The van der Waals surface area contributed by atoms with E-state index in [4.69, 9.17) is 9.90 Å². The Morgan fingerprint density at radius 1 is 1.53 bits per heavy atom. The molecule has 0 amide bonds. The van der Waals surface area contributed by atoms with Crippen LogP contribution in [0.1, 0.15) is 12.5 Å². The van der Waals surface area contributed by atoms with Crippen LogP contribution in [-0.2, 0) is 4.79 Å². The summed E-state index contributed by atoms with van der Waals surface area (Å²) in [5, 5.41) is 17.3. The fourth-order valence-electron chi connectivity index (χ4n) is 0.621. The number of carboxylic acids is 1. The number of nitrogens with zero attached hydrogens (tertiary/aromatic N) is 2. The number of aromatic nitrogens is 1. The van der Waals surface area contributed by atoms with Gasteiger partial charge in [-0.1, -0.05) is 0 Å². The first-order valence-electron chi connectivity index (χ1n) is 3.93. The SMILES string of the molecule is CC(=O)O.O=[N+]([O-])C=Cc1ccncc1. The average Bonchev–Trinajstić information content (AvgIpc) is 2.15. The predicted octanol–water partition coefficient (Wildman–Crippen LogP) is 1.42. The summed E-state index contributed by atoms with van der Waals surface area (Å²) in [6.07, 6.45) is 5.48. The zero-order chi connectivity index (χ0) is 11.7. The van der Waals surface area contributed by atoms with Gasteiger partial charge in [0.1, 0.15) is 0 Å². The zero-order valence-electron chi connectivity index (χ0n) is 8.03. The molecule has 0 spiro atoms. The summed E-state index contributed by atoms with van der Waals surface area (Å²) in [5.74, 6) is -0.833. The quantitative estimate of drug-likeness (QED) is 0.588. The Bertz CT molecular complexity index is 344. The van der Waals surface area contributed by atoms with Gasteiger partial charge in [0.25, 0.3) is 5.97 Å². The Morgan fingerprint density at radius 3 is 2.40 bits per heavy atom. The third kappa shape index (κ3) is 9.68. The highest BCUT2D eigenvalue weighted by atomic mass is 16.6. The third-order valence-electron chi connectivity index (χ3n) is 1.09. The molecule has 80 valence electrons. The highest BCUT2D eigenvalue weighted by Crippen LogP contribution is 1.98. The van der Waals surface area contributed by atoms with E-state index in [1.807, 2.05) is 0 Å². The fourth-order valence-corrected chi connectivity index (χ4v) is 0.621. The maximum atomic E-state index is 9.88. The van der Waals surface area contributed by atoms with Crippen molar-refractivity contribution in [2.24, 2.45) is 0 Å². The van der Waals surface area contributed by atoms with Gasteiger partial charge in [-0.3, -0.25) is 19.9 Å². The molecule has 1 N–H and O–H groups in total. The van der Waals surface area contributed by atoms with Crippen LogP contribution in [0.25, 0.3) is 6.08 Å². The first-order valence-corrected chi connectivity index (χ1v) is 3.93. The van der Waals surface area contributed by atoms with Crippen LogP contribution in [0.2, 0.25) is 0 Å². The van der Waals surface area contributed by atoms with Crippen LogP contribution in [-0.4, -0.2) is 21.0 Å². The minimum atomic E-state index is -0.833. The molecule has 0 aliphatic carbocycles. The Labute approximate surface area is 86.0 Å². The topological polar surface area (TPSA) is 93.3 Å². The van der Waals surface area contributed by atoms with Crippen molar-refractivity contribution >= 4 is 12.0 Å². The van der Waals surface area contributed by atoms with Crippen LogP contribution in [0.3, 0.4) is 0 Å². The molecule has 0 fully saturated rings. The van der Waals surface area contributed by atoms with Gasteiger partial charge in [-0.05, 0) is 17.7 Å². The second-order valence-electron chi connectivity index (χ2n) is 2.40. The van der Waals surface area contributed by atoms with Crippen molar-refractivity contribution in [3.8, 4) is 0 Å². The highest BCUT2D eigenvalue weighted by Gasteiger charge is 1.86. The normalized spacial score (nSPS) is 9.13. The van der Waals surface area contributed by atoms with E-state index in [-0.39, 0.29) is 0 Å². The molecule has 1 aromatic heterocycles. The van der Waals surface area contributed by atoms with Crippen LogP contribution >= 0.6 is 0 Å². The molecule has 15 heavy (non-hydrogen) atoms. The van der Waals surface area contributed by atoms with Crippen LogP contribution in [0.5, 0.6) is 0 Å². The molecule has 0 radical (unpaired) electrons. The van der Waals surface area contributed by atoms with Crippen molar-refractivity contribution in [1.29, 1.82) is 0 Å². The standard InChI is InChI=1S/C7H6N2O2.C2H4O2/c10-9(11)6-3-7-1-4-8-5-2-7;1-2(3)4/h1-6H;1H3,(H,3,4). The molecular weight excluding hydrogens is 200 g/mol. The van der Waals surface area contributed by atoms with Gasteiger partial charge in [0.2, 0.25) is 6.20 Å². The van der Waals surface area contributed by atoms with E-state index in [9.17, 15) is 10.1 Å². The summed E-state index contributed by atoms with van der Waals surface area (Å²) in [7, 11) is 0. The monoisotopic (exact) mass is 210 g/mol. The maximum absolute atomic E-state index is 9.88. The van der Waals surface area contributed by atoms with E-state index >= 15 is 0 Å². The average molecular weight is 210 g/mol. The van der Waals surface area contributed by atoms with Crippen molar-refractivity contribution in [3.63, 3.8) is 0 Å². The van der Waals surface area contributed by atoms with E-state index in [1.54, 1.807) is 24.5 Å². The van der Waals surface area contributed by atoms with E-state index in [0.29, 0.717) is 0 Å². The Morgan fingerprint density at radius 2 is 2.00 bits per heavy atom. The third-order valence-corrected chi connectivity index (χ3v) is 1.09. The molecule has 0 bridgehead atoms. The zero-order valence-corrected chi connectivity index (χ0v) is 8.03. The molecule has 0 saturated heterocycles. The van der Waals surface area contributed by atoms with E-state index in [2.05, 4.69) is 4.98 Å². The Balaban J connectivity index is 0.000000423. The molecule has 0 aromatic carbocycles. The highest BCUT2D eigenvalue weighted by molar-refractivity contribution is 5.62. The lowest BCUT2D eigenvalue weighted by molar-refractivity contribution is -0.400. The first kappa shape index (κ1) is 12.8. The summed E-state index contributed by atoms with van der Waals surface area (Å²) in [6, 6.07) is 3.39. The number of carbonyl (C=O) groups is 1. The smallest absolute Gasteiger partial charge is 0.300 e. The lowest BCUT2D eigenvalue weighted by Crippen LogP contribution is -1.82. The summed E-state index contributed by atoms with van der Waals surface area (Å²) in [6.45, 7) is 1.08. The van der Waals surface area contributed by atoms with Gasteiger partial charge in [0, 0.05) is 25.4 Å². The molecule has 1 rings (SSSR count). The van der Waals surface area contributed by atoms with Crippen molar-refractivity contribution in [3.05, 3.63) is 46.4 Å². The second kappa shape index (κ2) is 7.19. The molecule has 1 aromatic rings. The number of hydrogen-bond acceptors (Lipinski definition) is 4. The first-order chi connectivity index (χ1) is 7.02. The van der Waals surface area contributed by atoms with E-state index < -0.39 is 10.9 Å².